The van der Waals surface area contributed by atoms with Crippen LogP contribution in [0.25, 0.3) is 0 Å². The summed E-state index contributed by atoms with van der Waals surface area (Å²) in [5.41, 5.74) is 0.962. The molecular formula is C17H16O3S. The number of sulfone groups is 1. The van der Waals surface area contributed by atoms with Gasteiger partial charge in [-0.25, -0.2) is 8.42 Å². The van der Waals surface area contributed by atoms with Gasteiger partial charge in [-0.05, 0) is 24.6 Å². The molecule has 1 heterocycles. The van der Waals surface area contributed by atoms with Gasteiger partial charge < -0.3 is 4.74 Å². The molecule has 1 atom stereocenters. The highest BCUT2D eigenvalue weighted by Crippen LogP contribution is 2.39. The van der Waals surface area contributed by atoms with Gasteiger partial charge in [-0.1, -0.05) is 48.5 Å². The van der Waals surface area contributed by atoms with Gasteiger partial charge in [0.15, 0.2) is 0 Å². The lowest BCUT2D eigenvalue weighted by Gasteiger charge is -2.14. The van der Waals surface area contributed by atoms with E-state index < -0.39 is 9.84 Å². The summed E-state index contributed by atoms with van der Waals surface area (Å²) in [7, 11) is -3.53. The Hall–Kier alpha value is -2.07. The predicted octanol–water partition coefficient (Wildman–Crippen LogP) is 3.51. The molecule has 2 aromatic carbocycles. The van der Waals surface area contributed by atoms with Crippen LogP contribution in [0.5, 0.6) is 0 Å². The van der Waals surface area contributed by atoms with Crippen molar-refractivity contribution in [3.63, 3.8) is 0 Å². The van der Waals surface area contributed by atoms with Gasteiger partial charge in [0.25, 0.3) is 0 Å². The van der Waals surface area contributed by atoms with Gasteiger partial charge in [0.2, 0.25) is 9.84 Å². The topological polar surface area (TPSA) is 43.4 Å². The van der Waals surface area contributed by atoms with E-state index in [0.717, 1.165) is 5.56 Å². The Balaban J connectivity index is 2.09. The van der Waals surface area contributed by atoms with Gasteiger partial charge in [-0.2, -0.15) is 0 Å². The molecule has 0 saturated heterocycles. The summed E-state index contributed by atoms with van der Waals surface area (Å²) in [4.78, 5) is 0.686. The summed E-state index contributed by atoms with van der Waals surface area (Å²) < 4.78 is 31.3. The Morgan fingerprint density at radius 1 is 0.952 bits per heavy atom. The van der Waals surface area contributed by atoms with Crippen molar-refractivity contribution in [2.24, 2.45) is 0 Å². The van der Waals surface area contributed by atoms with Crippen LogP contribution in [-0.4, -0.2) is 15.0 Å². The standard InChI is InChI=1S/C17H16O3S/c1-13-17(21(18,19)15-10-6-3-7-11-15)16(12-20-13)14-8-4-2-5-9-14/h2-11,16H,12H2,1H3. The minimum atomic E-state index is -3.53. The highest BCUT2D eigenvalue weighted by Gasteiger charge is 2.36. The second kappa shape index (κ2) is 5.37. The van der Waals surface area contributed by atoms with Gasteiger partial charge in [0.1, 0.15) is 5.76 Å². The van der Waals surface area contributed by atoms with E-state index in [1.807, 2.05) is 30.3 Å². The van der Waals surface area contributed by atoms with Crippen molar-refractivity contribution in [1.82, 2.24) is 0 Å². The molecule has 108 valence electrons. The molecule has 0 spiro atoms. The Labute approximate surface area is 124 Å². The molecule has 0 saturated carbocycles. The van der Waals surface area contributed by atoms with Gasteiger partial charge in [0, 0.05) is 0 Å². The van der Waals surface area contributed by atoms with E-state index in [2.05, 4.69) is 0 Å². The lowest BCUT2D eigenvalue weighted by molar-refractivity contribution is 0.237. The number of ether oxygens (including phenoxy) is 1. The van der Waals surface area contributed by atoms with Gasteiger partial charge in [-0.15, -0.1) is 0 Å². The van der Waals surface area contributed by atoms with Crippen molar-refractivity contribution in [2.75, 3.05) is 6.61 Å². The van der Waals surface area contributed by atoms with Crippen molar-refractivity contribution in [3.8, 4) is 0 Å². The maximum Gasteiger partial charge on any atom is 0.206 e. The highest BCUT2D eigenvalue weighted by atomic mass is 32.2. The molecule has 4 heteroatoms. The summed E-state index contributed by atoms with van der Waals surface area (Å²) in [5, 5.41) is 0. The Morgan fingerprint density at radius 2 is 1.52 bits per heavy atom. The first-order valence-corrected chi connectivity index (χ1v) is 8.27. The highest BCUT2D eigenvalue weighted by molar-refractivity contribution is 7.95. The second-order valence-corrected chi connectivity index (χ2v) is 6.93. The summed E-state index contributed by atoms with van der Waals surface area (Å²) in [6, 6.07) is 18.1. The van der Waals surface area contributed by atoms with E-state index in [1.165, 1.54) is 0 Å². The van der Waals surface area contributed by atoms with E-state index >= 15 is 0 Å². The minimum Gasteiger partial charge on any atom is -0.496 e. The van der Waals surface area contributed by atoms with Crippen molar-refractivity contribution in [1.29, 1.82) is 0 Å². The van der Waals surface area contributed by atoms with Crippen molar-refractivity contribution in [2.45, 2.75) is 17.7 Å². The minimum absolute atomic E-state index is 0.239. The Bertz CT molecular complexity index is 762. The third-order valence-corrected chi connectivity index (χ3v) is 5.72. The summed E-state index contributed by atoms with van der Waals surface area (Å²) >= 11 is 0. The van der Waals surface area contributed by atoms with E-state index in [-0.39, 0.29) is 5.92 Å². The predicted molar refractivity (Wildman–Crippen MR) is 81.5 cm³/mol. The molecule has 0 N–H and O–H groups in total. The molecule has 0 aliphatic carbocycles. The fourth-order valence-corrected chi connectivity index (χ4v) is 4.42. The summed E-state index contributed by atoms with van der Waals surface area (Å²) in [5.74, 6) is 0.254. The van der Waals surface area contributed by atoms with Crippen LogP contribution in [-0.2, 0) is 14.6 Å². The zero-order valence-electron chi connectivity index (χ0n) is 11.7. The third-order valence-electron chi connectivity index (χ3n) is 3.67. The van der Waals surface area contributed by atoms with Crippen LogP contribution in [0.2, 0.25) is 0 Å². The van der Waals surface area contributed by atoms with Crippen molar-refractivity contribution >= 4 is 9.84 Å². The lowest BCUT2D eigenvalue weighted by atomic mass is 10.0. The van der Waals surface area contributed by atoms with Crippen LogP contribution in [0, 0.1) is 0 Å². The summed E-state index contributed by atoms with van der Waals surface area (Å²) in [6.45, 7) is 2.09. The zero-order chi connectivity index (χ0) is 14.9. The Kier molecular flexibility index (Phi) is 3.55. The molecule has 3 nitrogen and oxygen atoms in total. The quantitative estimate of drug-likeness (QED) is 0.871. The van der Waals surface area contributed by atoms with Crippen LogP contribution in [0.3, 0.4) is 0 Å². The molecule has 2 aromatic rings. The van der Waals surface area contributed by atoms with Crippen LogP contribution in [0.4, 0.5) is 0 Å². The van der Waals surface area contributed by atoms with Crippen LogP contribution < -0.4 is 0 Å². The first-order chi connectivity index (χ1) is 10.1. The molecule has 0 amide bonds. The fourth-order valence-electron chi connectivity index (χ4n) is 2.64. The molecular weight excluding hydrogens is 284 g/mol. The third kappa shape index (κ3) is 2.47. The molecule has 0 fully saturated rings. The van der Waals surface area contributed by atoms with E-state index in [9.17, 15) is 8.42 Å². The number of hydrogen-bond acceptors (Lipinski definition) is 3. The molecule has 3 rings (SSSR count). The molecule has 1 aliphatic heterocycles. The normalized spacial score (nSPS) is 18.6. The monoisotopic (exact) mass is 300 g/mol. The van der Waals surface area contributed by atoms with Gasteiger partial charge in [-0.3, -0.25) is 0 Å². The molecule has 0 radical (unpaired) electrons. The van der Waals surface area contributed by atoms with Gasteiger partial charge in [0.05, 0.1) is 22.3 Å². The van der Waals surface area contributed by atoms with Crippen LogP contribution in [0.15, 0.2) is 76.2 Å². The number of rotatable bonds is 3. The number of hydrogen-bond donors (Lipinski definition) is 0. The average Bonchev–Trinajstić information content (AvgIpc) is 2.91. The Morgan fingerprint density at radius 3 is 2.14 bits per heavy atom. The SMILES string of the molecule is CC1=C(S(=O)(=O)c2ccccc2)C(c2ccccc2)CO1. The molecule has 1 unspecified atom stereocenters. The average molecular weight is 300 g/mol. The molecule has 0 bridgehead atoms. The fraction of sp³-hybridized carbons (Fsp3) is 0.176. The smallest absolute Gasteiger partial charge is 0.206 e. The molecule has 21 heavy (non-hydrogen) atoms. The van der Waals surface area contributed by atoms with Crippen molar-refractivity contribution < 1.29 is 13.2 Å². The summed E-state index contributed by atoms with van der Waals surface area (Å²) in [6.07, 6.45) is 0. The van der Waals surface area contributed by atoms with E-state index in [1.54, 1.807) is 37.3 Å². The molecule has 0 aromatic heterocycles. The van der Waals surface area contributed by atoms with Gasteiger partial charge >= 0.3 is 0 Å². The lowest BCUT2D eigenvalue weighted by Crippen LogP contribution is -2.12. The van der Waals surface area contributed by atoms with E-state index in [4.69, 9.17) is 4.74 Å². The second-order valence-electron chi connectivity index (χ2n) is 5.01. The first-order valence-electron chi connectivity index (χ1n) is 6.79. The van der Waals surface area contributed by atoms with Crippen molar-refractivity contribution in [3.05, 3.63) is 76.9 Å². The largest absolute Gasteiger partial charge is 0.496 e. The van der Waals surface area contributed by atoms with Crippen LogP contribution >= 0.6 is 0 Å². The number of benzene rings is 2. The first kappa shape index (κ1) is 13.9. The van der Waals surface area contributed by atoms with E-state index in [0.29, 0.717) is 22.2 Å². The maximum atomic E-state index is 12.9. The van der Waals surface area contributed by atoms with Crippen LogP contribution in [0.1, 0.15) is 18.4 Å². The zero-order valence-corrected chi connectivity index (χ0v) is 12.5. The molecule has 1 aliphatic rings. The maximum absolute atomic E-state index is 12.9. The number of allylic oxidation sites excluding steroid dienone is 1.